The maximum atomic E-state index is 4.06. The first-order valence-corrected chi connectivity index (χ1v) is 6.71. The van der Waals surface area contributed by atoms with Crippen molar-refractivity contribution >= 4 is 15.7 Å². The molecular formula is C14H23N4P. The van der Waals surface area contributed by atoms with E-state index in [4.69, 9.17) is 0 Å². The van der Waals surface area contributed by atoms with Crippen LogP contribution >= 0.6 is 9.39 Å². The van der Waals surface area contributed by atoms with Crippen LogP contribution in [0.3, 0.4) is 0 Å². The first kappa shape index (κ1) is 15.7. The van der Waals surface area contributed by atoms with E-state index in [9.17, 15) is 0 Å². The van der Waals surface area contributed by atoms with Crippen molar-refractivity contribution in [1.82, 2.24) is 14.9 Å². The van der Waals surface area contributed by atoms with Crippen LogP contribution in [0.25, 0.3) is 0 Å². The van der Waals surface area contributed by atoms with Crippen LogP contribution in [0.4, 0.5) is 0 Å². The second kappa shape index (κ2) is 7.93. The second-order valence-corrected chi connectivity index (χ2v) is 4.77. The first-order valence-electron chi connectivity index (χ1n) is 6.14. The topological polar surface area (TPSA) is 30.9 Å². The molecular weight excluding hydrogens is 255 g/mol. The van der Waals surface area contributed by atoms with Crippen molar-refractivity contribution in [3.8, 4) is 0 Å². The van der Waals surface area contributed by atoms with E-state index < -0.39 is 0 Å². The van der Waals surface area contributed by atoms with Crippen LogP contribution in [0, 0.1) is 0 Å². The zero-order valence-electron chi connectivity index (χ0n) is 11.9. The highest BCUT2D eigenvalue weighted by Gasteiger charge is 2.20. The lowest BCUT2D eigenvalue weighted by molar-refractivity contribution is 0.161. The van der Waals surface area contributed by atoms with Gasteiger partial charge in [0.1, 0.15) is 6.17 Å². The summed E-state index contributed by atoms with van der Waals surface area (Å²) in [5, 5.41) is 3.05. The van der Waals surface area contributed by atoms with Crippen molar-refractivity contribution in [3.63, 3.8) is 0 Å². The van der Waals surface area contributed by atoms with Gasteiger partial charge in [-0.25, -0.2) is 0 Å². The molecule has 2 unspecified atom stereocenters. The Morgan fingerprint density at radius 3 is 2.58 bits per heavy atom. The summed E-state index contributed by atoms with van der Waals surface area (Å²) in [6.45, 7) is 4.91. The summed E-state index contributed by atoms with van der Waals surface area (Å²) in [6, 6.07) is 10.4. The van der Waals surface area contributed by atoms with Crippen LogP contribution in [0.2, 0.25) is 0 Å². The minimum atomic E-state index is 0.0430. The molecule has 0 radical (unpaired) electrons. The number of nitrogens with one attached hydrogen (secondary N) is 1. The zero-order valence-corrected chi connectivity index (χ0v) is 13.0. The lowest BCUT2D eigenvalue weighted by atomic mass is 10.2. The molecule has 0 bridgehead atoms. The Morgan fingerprint density at radius 1 is 1.42 bits per heavy atom. The minimum absolute atomic E-state index is 0.0430. The summed E-state index contributed by atoms with van der Waals surface area (Å²) in [6.07, 6.45) is 1.85. The third-order valence-electron chi connectivity index (χ3n) is 2.87. The summed E-state index contributed by atoms with van der Waals surface area (Å²) in [5.41, 5.74) is 2.18. The van der Waals surface area contributed by atoms with Crippen LogP contribution in [-0.4, -0.2) is 43.4 Å². The molecule has 0 aromatic heterocycles. The van der Waals surface area contributed by atoms with E-state index in [0.29, 0.717) is 0 Å². The SMILES string of the molecule is C=C(NP)C(N(C)C=NC)N(C)Cc1ccccc1. The maximum absolute atomic E-state index is 4.06. The van der Waals surface area contributed by atoms with E-state index >= 15 is 0 Å². The van der Waals surface area contributed by atoms with Gasteiger partial charge in [-0.1, -0.05) is 36.9 Å². The van der Waals surface area contributed by atoms with Crippen LogP contribution in [0.15, 0.2) is 47.6 Å². The van der Waals surface area contributed by atoms with Crippen LogP contribution in [-0.2, 0) is 6.54 Å². The highest BCUT2D eigenvalue weighted by Crippen LogP contribution is 2.13. The largest absolute Gasteiger partial charge is 0.370 e. The Labute approximate surface area is 118 Å². The van der Waals surface area contributed by atoms with Gasteiger partial charge in [0.05, 0.1) is 6.34 Å². The van der Waals surface area contributed by atoms with Gasteiger partial charge < -0.3 is 9.99 Å². The molecule has 0 amide bonds. The fourth-order valence-corrected chi connectivity index (χ4v) is 2.25. The average Bonchev–Trinajstić information content (AvgIpc) is 2.40. The van der Waals surface area contributed by atoms with Gasteiger partial charge in [0.25, 0.3) is 0 Å². The molecule has 0 aliphatic carbocycles. The smallest absolute Gasteiger partial charge is 0.123 e. The monoisotopic (exact) mass is 278 g/mol. The third kappa shape index (κ3) is 4.66. The third-order valence-corrected chi connectivity index (χ3v) is 3.24. The lowest BCUT2D eigenvalue weighted by Gasteiger charge is -2.35. The highest BCUT2D eigenvalue weighted by molar-refractivity contribution is 7.14. The molecule has 19 heavy (non-hydrogen) atoms. The predicted octanol–water partition coefficient (Wildman–Crippen LogP) is 1.93. The quantitative estimate of drug-likeness (QED) is 0.358. The Hall–Kier alpha value is -1.38. The van der Waals surface area contributed by atoms with E-state index in [1.807, 2.05) is 18.0 Å². The molecule has 0 spiro atoms. The van der Waals surface area contributed by atoms with E-state index in [1.165, 1.54) is 5.56 Å². The molecule has 1 aromatic rings. The van der Waals surface area contributed by atoms with Gasteiger partial charge in [0.2, 0.25) is 0 Å². The zero-order chi connectivity index (χ0) is 14.3. The van der Waals surface area contributed by atoms with Gasteiger partial charge in [-0.15, -0.1) is 0 Å². The van der Waals surface area contributed by atoms with Crippen LogP contribution < -0.4 is 5.09 Å². The summed E-state index contributed by atoms with van der Waals surface area (Å²) >= 11 is 0. The molecule has 0 aliphatic rings. The molecule has 0 saturated carbocycles. The molecule has 0 aliphatic heterocycles. The normalized spacial score (nSPS) is 12.7. The number of nitrogens with zero attached hydrogens (tertiary/aromatic N) is 3. The molecule has 5 heteroatoms. The molecule has 4 nitrogen and oxygen atoms in total. The Kier molecular flexibility index (Phi) is 6.54. The second-order valence-electron chi connectivity index (χ2n) is 4.48. The molecule has 1 N–H and O–H groups in total. The van der Waals surface area contributed by atoms with Crippen molar-refractivity contribution in [2.75, 3.05) is 21.1 Å². The van der Waals surface area contributed by atoms with Crippen molar-refractivity contribution in [2.45, 2.75) is 12.7 Å². The fraction of sp³-hybridized carbons (Fsp3) is 0.357. The van der Waals surface area contributed by atoms with E-state index in [2.05, 4.69) is 62.3 Å². The van der Waals surface area contributed by atoms with E-state index in [0.717, 1.165) is 12.2 Å². The molecule has 1 aromatic carbocycles. The maximum Gasteiger partial charge on any atom is 0.123 e. The number of rotatable bonds is 7. The van der Waals surface area contributed by atoms with Gasteiger partial charge in [-0.05, 0) is 22.0 Å². The summed E-state index contributed by atoms with van der Waals surface area (Å²) in [5.74, 6) is 0. The van der Waals surface area contributed by atoms with Gasteiger partial charge in [-0.3, -0.25) is 9.89 Å². The van der Waals surface area contributed by atoms with Crippen molar-refractivity contribution in [2.24, 2.45) is 4.99 Å². The molecule has 1 rings (SSSR count). The Balaban J connectivity index is 2.82. The van der Waals surface area contributed by atoms with Crippen molar-refractivity contribution in [1.29, 1.82) is 0 Å². The van der Waals surface area contributed by atoms with E-state index in [-0.39, 0.29) is 6.17 Å². The molecule has 0 heterocycles. The van der Waals surface area contributed by atoms with Crippen LogP contribution in [0.5, 0.6) is 0 Å². The Morgan fingerprint density at radius 2 is 2.05 bits per heavy atom. The fourth-order valence-electron chi connectivity index (χ4n) is 2.10. The van der Waals surface area contributed by atoms with Gasteiger partial charge in [-0.2, -0.15) is 0 Å². The van der Waals surface area contributed by atoms with Crippen molar-refractivity contribution in [3.05, 3.63) is 48.2 Å². The lowest BCUT2D eigenvalue weighted by Crippen LogP contribution is -2.46. The number of hydrogen-bond acceptors (Lipinski definition) is 3. The van der Waals surface area contributed by atoms with Gasteiger partial charge in [0.15, 0.2) is 0 Å². The molecule has 0 fully saturated rings. The summed E-state index contributed by atoms with van der Waals surface area (Å²) in [7, 11) is 8.32. The minimum Gasteiger partial charge on any atom is -0.370 e. The number of benzene rings is 1. The molecule has 0 saturated heterocycles. The molecule has 2 atom stereocenters. The standard InChI is InChI=1S/C14H23N4P/c1-12(16-19)14(18(4)11-15-2)17(3)10-13-8-6-5-7-9-13/h5-9,11,14,16H,1,10,19H2,2-4H3. The number of hydrogen-bond donors (Lipinski definition) is 1. The first-order chi connectivity index (χ1) is 9.10. The van der Waals surface area contributed by atoms with Crippen molar-refractivity contribution < 1.29 is 0 Å². The molecule has 104 valence electrons. The van der Waals surface area contributed by atoms with Gasteiger partial charge in [0, 0.05) is 26.3 Å². The highest BCUT2D eigenvalue weighted by atomic mass is 31.0. The summed E-state index contributed by atoms with van der Waals surface area (Å²) < 4.78 is 0. The number of likely N-dealkylation sites (N-methyl/N-ethyl adjacent to an activating group) is 2. The Bertz CT molecular complexity index is 419. The average molecular weight is 278 g/mol. The van der Waals surface area contributed by atoms with Gasteiger partial charge >= 0.3 is 0 Å². The summed E-state index contributed by atoms with van der Waals surface area (Å²) in [4.78, 5) is 8.31. The van der Waals surface area contributed by atoms with E-state index in [1.54, 1.807) is 13.4 Å². The van der Waals surface area contributed by atoms with Crippen LogP contribution in [0.1, 0.15) is 5.56 Å². The predicted molar refractivity (Wildman–Crippen MR) is 85.9 cm³/mol. The number of aliphatic imine (C=N–C) groups is 1.